The molecule has 0 aromatic heterocycles. The van der Waals surface area contributed by atoms with Crippen LogP contribution in [0.1, 0.15) is 107 Å². The lowest BCUT2D eigenvalue weighted by Gasteiger charge is -2.17. The summed E-state index contributed by atoms with van der Waals surface area (Å²) in [5.41, 5.74) is 8.55. The molecule has 0 unspecified atom stereocenters. The first-order valence-electron chi connectivity index (χ1n) is 13.7. The van der Waals surface area contributed by atoms with E-state index in [9.17, 15) is 0 Å². The van der Waals surface area contributed by atoms with Crippen molar-refractivity contribution < 1.29 is 0 Å². The van der Waals surface area contributed by atoms with Crippen molar-refractivity contribution in [2.24, 2.45) is 11.7 Å². The molecular weight excluding hydrogens is 386 g/mol. The van der Waals surface area contributed by atoms with Crippen LogP contribution in [0.5, 0.6) is 0 Å². The van der Waals surface area contributed by atoms with Crippen LogP contribution in [0.15, 0.2) is 60.7 Å². The molecule has 0 aliphatic rings. The van der Waals surface area contributed by atoms with E-state index in [0.717, 1.165) is 12.5 Å². The van der Waals surface area contributed by atoms with Gasteiger partial charge in [-0.1, -0.05) is 138 Å². The molecule has 0 saturated carbocycles. The topological polar surface area (TPSA) is 26.0 Å². The highest BCUT2D eigenvalue weighted by Gasteiger charge is 2.10. The zero-order valence-corrected chi connectivity index (χ0v) is 20.7. The van der Waals surface area contributed by atoms with Crippen molar-refractivity contribution in [1.29, 1.82) is 0 Å². The van der Waals surface area contributed by atoms with Crippen LogP contribution in [-0.4, -0.2) is 6.54 Å². The molecule has 2 N–H and O–H groups in total. The average Bonchev–Trinajstić information content (AvgIpc) is 2.84. The minimum atomic E-state index is 0.856. The molecule has 0 aliphatic carbocycles. The number of benzene rings is 2. The van der Waals surface area contributed by atoms with Gasteiger partial charge in [-0.3, -0.25) is 0 Å². The molecular formula is C31H49N. The highest BCUT2D eigenvalue weighted by molar-refractivity contribution is 5.16. The van der Waals surface area contributed by atoms with Crippen LogP contribution in [0.4, 0.5) is 0 Å². The molecule has 0 saturated heterocycles. The molecule has 0 aliphatic heterocycles. The smallest absolute Gasteiger partial charge is 0.00773 e. The van der Waals surface area contributed by atoms with Crippen molar-refractivity contribution >= 4 is 0 Å². The van der Waals surface area contributed by atoms with Crippen LogP contribution in [-0.2, 0) is 12.8 Å². The van der Waals surface area contributed by atoms with E-state index >= 15 is 0 Å². The molecule has 0 heterocycles. The SMILES string of the molecule is NCCCCCCCCCCCCCCC(CCc1ccccc1)CCc1ccccc1. The molecule has 0 bridgehead atoms. The van der Waals surface area contributed by atoms with Gasteiger partial charge in [-0.2, -0.15) is 0 Å². The summed E-state index contributed by atoms with van der Waals surface area (Å²) in [7, 11) is 0. The fourth-order valence-corrected chi connectivity index (χ4v) is 4.81. The Kier molecular flexibility index (Phi) is 15.8. The molecule has 1 heteroatoms. The number of aryl methyl sites for hydroxylation is 2. The second-order valence-corrected chi connectivity index (χ2v) is 9.73. The van der Waals surface area contributed by atoms with Crippen molar-refractivity contribution in [3.63, 3.8) is 0 Å². The third-order valence-electron chi connectivity index (χ3n) is 6.93. The van der Waals surface area contributed by atoms with E-state index in [-0.39, 0.29) is 0 Å². The van der Waals surface area contributed by atoms with Crippen LogP contribution >= 0.6 is 0 Å². The Labute approximate surface area is 199 Å². The fourth-order valence-electron chi connectivity index (χ4n) is 4.81. The molecule has 2 aromatic rings. The maximum atomic E-state index is 5.55. The molecule has 0 amide bonds. The molecule has 32 heavy (non-hydrogen) atoms. The minimum Gasteiger partial charge on any atom is -0.330 e. The van der Waals surface area contributed by atoms with Gasteiger partial charge >= 0.3 is 0 Å². The number of rotatable bonds is 20. The molecule has 0 atom stereocenters. The van der Waals surface area contributed by atoms with Crippen molar-refractivity contribution in [2.75, 3.05) is 6.54 Å². The van der Waals surface area contributed by atoms with Gasteiger partial charge in [0.25, 0.3) is 0 Å². The second-order valence-electron chi connectivity index (χ2n) is 9.73. The Morgan fingerprint density at radius 3 is 1.22 bits per heavy atom. The second kappa shape index (κ2) is 18.9. The summed E-state index contributed by atoms with van der Waals surface area (Å²) in [5.74, 6) is 0.856. The summed E-state index contributed by atoms with van der Waals surface area (Å²) in [6.07, 6.45) is 23.3. The lowest BCUT2D eigenvalue weighted by atomic mass is 9.88. The lowest BCUT2D eigenvalue weighted by Crippen LogP contribution is -2.05. The summed E-state index contributed by atoms with van der Waals surface area (Å²) in [5, 5.41) is 0. The van der Waals surface area contributed by atoms with Gasteiger partial charge in [-0.25, -0.2) is 0 Å². The Balaban J connectivity index is 1.54. The van der Waals surface area contributed by atoms with E-state index in [2.05, 4.69) is 60.7 Å². The largest absolute Gasteiger partial charge is 0.330 e. The Bertz CT molecular complexity index is 593. The first kappa shape index (κ1) is 26.7. The maximum absolute atomic E-state index is 5.55. The monoisotopic (exact) mass is 435 g/mol. The predicted octanol–water partition coefficient (Wildman–Crippen LogP) is 8.90. The summed E-state index contributed by atoms with van der Waals surface area (Å²) < 4.78 is 0. The summed E-state index contributed by atoms with van der Waals surface area (Å²) in [6.45, 7) is 0.862. The van der Waals surface area contributed by atoms with Gasteiger partial charge in [0, 0.05) is 0 Å². The van der Waals surface area contributed by atoms with Gasteiger partial charge in [-0.05, 0) is 55.7 Å². The minimum absolute atomic E-state index is 0.856. The number of nitrogens with two attached hydrogens (primary N) is 1. The zero-order valence-electron chi connectivity index (χ0n) is 20.7. The van der Waals surface area contributed by atoms with E-state index in [1.165, 1.54) is 120 Å². The van der Waals surface area contributed by atoms with E-state index in [0.29, 0.717) is 0 Å². The standard InChI is InChI=1S/C31H49N/c32-28-18-10-8-6-4-2-1-3-5-7-9-13-23-31(26-24-29-19-14-11-15-20-29)27-25-30-21-16-12-17-22-30/h11-12,14-17,19-22,31H,1-10,13,18,23-28,32H2. The molecule has 2 aromatic carbocycles. The van der Waals surface area contributed by atoms with E-state index in [4.69, 9.17) is 5.73 Å². The van der Waals surface area contributed by atoms with E-state index in [1.54, 1.807) is 0 Å². The van der Waals surface area contributed by atoms with Gasteiger partial charge in [0.1, 0.15) is 0 Å². The van der Waals surface area contributed by atoms with Gasteiger partial charge in [0.05, 0.1) is 0 Å². The van der Waals surface area contributed by atoms with Crippen molar-refractivity contribution in [3.8, 4) is 0 Å². The van der Waals surface area contributed by atoms with Crippen molar-refractivity contribution in [2.45, 2.75) is 109 Å². The van der Waals surface area contributed by atoms with Crippen LogP contribution in [0.3, 0.4) is 0 Å². The third-order valence-corrected chi connectivity index (χ3v) is 6.93. The van der Waals surface area contributed by atoms with Gasteiger partial charge < -0.3 is 5.73 Å². The normalized spacial score (nSPS) is 11.3. The molecule has 0 radical (unpaired) electrons. The predicted molar refractivity (Wildman–Crippen MR) is 142 cm³/mol. The number of hydrogen-bond acceptors (Lipinski definition) is 1. The average molecular weight is 436 g/mol. The summed E-state index contributed by atoms with van der Waals surface area (Å²) in [6, 6.07) is 22.1. The maximum Gasteiger partial charge on any atom is -0.00773 e. The molecule has 1 nitrogen and oxygen atoms in total. The van der Waals surface area contributed by atoms with Crippen molar-refractivity contribution in [1.82, 2.24) is 0 Å². The molecule has 0 spiro atoms. The number of hydrogen-bond donors (Lipinski definition) is 1. The first-order valence-corrected chi connectivity index (χ1v) is 13.7. The van der Waals surface area contributed by atoms with Crippen LogP contribution in [0.2, 0.25) is 0 Å². The van der Waals surface area contributed by atoms with Crippen LogP contribution < -0.4 is 5.73 Å². The van der Waals surface area contributed by atoms with Gasteiger partial charge in [0.2, 0.25) is 0 Å². The van der Waals surface area contributed by atoms with E-state index < -0.39 is 0 Å². The molecule has 178 valence electrons. The van der Waals surface area contributed by atoms with Crippen LogP contribution in [0, 0.1) is 5.92 Å². The Hall–Kier alpha value is -1.60. The highest BCUT2D eigenvalue weighted by Crippen LogP contribution is 2.23. The highest BCUT2D eigenvalue weighted by atomic mass is 14.5. The number of unbranched alkanes of at least 4 members (excludes halogenated alkanes) is 11. The van der Waals surface area contributed by atoms with Crippen molar-refractivity contribution in [3.05, 3.63) is 71.8 Å². The fraction of sp³-hybridized carbons (Fsp3) is 0.613. The van der Waals surface area contributed by atoms with Crippen LogP contribution in [0.25, 0.3) is 0 Å². The van der Waals surface area contributed by atoms with Gasteiger partial charge in [0.15, 0.2) is 0 Å². The Morgan fingerprint density at radius 2 is 0.812 bits per heavy atom. The third kappa shape index (κ3) is 13.7. The summed E-state index contributed by atoms with van der Waals surface area (Å²) >= 11 is 0. The summed E-state index contributed by atoms with van der Waals surface area (Å²) in [4.78, 5) is 0. The van der Waals surface area contributed by atoms with Gasteiger partial charge in [-0.15, -0.1) is 0 Å². The lowest BCUT2D eigenvalue weighted by molar-refractivity contribution is 0.397. The Morgan fingerprint density at radius 1 is 0.438 bits per heavy atom. The van der Waals surface area contributed by atoms with E-state index in [1.807, 2.05) is 0 Å². The zero-order chi connectivity index (χ0) is 22.5. The first-order chi connectivity index (χ1) is 15.9. The molecule has 0 fully saturated rings. The molecule has 2 rings (SSSR count). The quantitative estimate of drug-likeness (QED) is 0.206.